The van der Waals surface area contributed by atoms with Crippen molar-refractivity contribution in [2.75, 3.05) is 13.1 Å². The van der Waals surface area contributed by atoms with Crippen LogP contribution in [0.25, 0.3) is 0 Å². The lowest BCUT2D eigenvalue weighted by molar-refractivity contribution is -0.130. The topological polar surface area (TPSA) is 51.0 Å². The molecule has 2 aliphatic rings. The van der Waals surface area contributed by atoms with Gasteiger partial charge in [-0.05, 0) is 18.8 Å². The van der Waals surface area contributed by atoms with Crippen LogP contribution in [0.5, 0.6) is 0 Å². The lowest BCUT2D eigenvalue weighted by atomic mass is 9.86. The van der Waals surface area contributed by atoms with Crippen LogP contribution in [0.1, 0.15) is 57.4 Å². The molecule has 1 aromatic rings. The maximum Gasteiger partial charge on any atom is 0.222 e. The Morgan fingerprint density at radius 2 is 1.85 bits per heavy atom. The zero-order chi connectivity index (χ0) is 13.8. The number of likely N-dealkylation sites (tertiary alicyclic amines) is 1. The van der Waals surface area contributed by atoms with Gasteiger partial charge in [0.1, 0.15) is 0 Å². The Morgan fingerprint density at radius 1 is 1.10 bits per heavy atom. The average molecular weight is 276 g/mol. The second-order valence-corrected chi connectivity index (χ2v) is 6.17. The number of hydrogen-bond donors (Lipinski definition) is 0. The molecular formula is C15H24N4O. The molecule has 5 nitrogen and oxygen atoms in total. The Morgan fingerprint density at radius 3 is 2.60 bits per heavy atom. The Bertz CT molecular complexity index is 425. The molecule has 1 saturated carbocycles. The van der Waals surface area contributed by atoms with Gasteiger partial charge in [0.25, 0.3) is 0 Å². The van der Waals surface area contributed by atoms with Gasteiger partial charge in [-0.25, -0.2) is 0 Å². The van der Waals surface area contributed by atoms with Crippen LogP contribution < -0.4 is 0 Å². The van der Waals surface area contributed by atoms with Gasteiger partial charge < -0.3 is 4.90 Å². The van der Waals surface area contributed by atoms with Crippen molar-refractivity contribution in [3.63, 3.8) is 0 Å². The van der Waals surface area contributed by atoms with E-state index in [1.807, 2.05) is 4.90 Å². The number of carbonyl (C=O) groups excluding carboxylic acids is 1. The molecule has 0 radical (unpaired) electrons. The number of amides is 1. The van der Waals surface area contributed by atoms with Crippen LogP contribution in [0.2, 0.25) is 0 Å². The van der Waals surface area contributed by atoms with E-state index in [1.165, 1.54) is 32.1 Å². The minimum Gasteiger partial charge on any atom is -0.340 e. The summed E-state index contributed by atoms with van der Waals surface area (Å²) in [6.07, 6.45) is 12.9. The van der Waals surface area contributed by atoms with Crippen LogP contribution in [-0.2, 0) is 4.79 Å². The Labute approximate surface area is 120 Å². The van der Waals surface area contributed by atoms with Crippen LogP contribution >= 0.6 is 0 Å². The highest BCUT2D eigenvalue weighted by molar-refractivity contribution is 5.76. The summed E-state index contributed by atoms with van der Waals surface area (Å²) < 4.78 is 0. The van der Waals surface area contributed by atoms with Gasteiger partial charge in [0.15, 0.2) is 0 Å². The van der Waals surface area contributed by atoms with Gasteiger partial charge in [0.05, 0.1) is 18.4 Å². The molecule has 1 atom stereocenters. The summed E-state index contributed by atoms with van der Waals surface area (Å²) in [7, 11) is 0. The standard InChI is InChI=1S/C15H24N4O/c20-15(7-6-13-4-2-1-3-5-13)18-11-8-14(12-18)19-16-9-10-17-19/h9-10,13-14H,1-8,11-12H2. The van der Waals surface area contributed by atoms with E-state index in [2.05, 4.69) is 10.2 Å². The average Bonchev–Trinajstić information content (AvgIpc) is 3.16. The van der Waals surface area contributed by atoms with E-state index >= 15 is 0 Å². The van der Waals surface area contributed by atoms with Crippen molar-refractivity contribution >= 4 is 5.91 Å². The second-order valence-electron chi connectivity index (χ2n) is 6.17. The summed E-state index contributed by atoms with van der Waals surface area (Å²) in [6, 6.07) is 0.267. The summed E-state index contributed by atoms with van der Waals surface area (Å²) in [5.41, 5.74) is 0. The Balaban J connectivity index is 1.44. The molecule has 2 heterocycles. The fraction of sp³-hybridized carbons (Fsp3) is 0.800. The molecule has 1 aliphatic carbocycles. The van der Waals surface area contributed by atoms with Crippen LogP contribution in [0.3, 0.4) is 0 Å². The quantitative estimate of drug-likeness (QED) is 0.848. The van der Waals surface area contributed by atoms with Gasteiger partial charge in [0.2, 0.25) is 5.91 Å². The first-order valence-corrected chi connectivity index (χ1v) is 7.96. The first-order chi connectivity index (χ1) is 9.83. The van der Waals surface area contributed by atoms with Crippen LogP contribution in [-0.4, -0.2) is 38.9 Å². The third-order valence-electron chi connectivity index (χ3n) is 4.77. The van der Waals surface area contributed by atoms with E-state index in [0.717, 1.165) is 38.3 Å². The lowest BCUT2D eigenvalue weighted by Gasteiger charge is -2.22. The minimum absolute atomic E-state index is 0.267. The maximum atomic E-state index is 12.3. The molecule has 20 heavy (non-hydrogen) atoms. The minimum atomic E-state index is 0.267. The molecule has 2 fully saturated rings. The first-order valence-electron chi connectivity index (χ1n) is 7.96. The molecule has 0 spiro atoms. The molecule has 5 heteroatoms. The molecule has 1 aliphatic heterocycles. The van der Waals surface area contributed by atoms with Gasteiger partial charge in [-0.3, -0.25) is 4.79 Å². The first kappa shape index (κ1) is 13.6. The number of nitrogens with zero attached hydrogens (tertiary/aromatic N) is 4. The molecule has 0 N–H and O–H groups in total. The van der Waals surface area contributed by atoms with Gasteiger partial charge in [-0.1, -0.05) is 32.1 Å². The molecule has 1 saturated heterocycles. The molecule has 110 valence electrons. The summed E-state index contributed by atoms with van der Waals surface area (Å²) in [6.45, 7) is 1.63. The molecule has 0 bridgehead atoms. The Hall–Kier alpha value is -1.39. The van der Waals surface area contributed by atoms with Gasteiger partial charge in [0, 0.05) is 19.5 Å². The molecular weight excluding hydrogens is 252 g/mol. The van der Waals surface area contributed by atoms with Gasteiger partial charge in [-0.2, -0.15) is 15.0 Å². The third-order valence-corrected chi connectivity index (χ3v) is 4.77. The normalized spacial score (nSPS) is 24.2. The van der Waals surface area contributed by atoms with Crippen molar-refractivity contribution in [2.24, 2.45) is 5.92 Å². The zero-order valence-corrected chi connectivity index (χ0v) is 12.1. The number of carbonyl (C=O) groups is 1. The van der Waals surface area contributed by atoms with E-state index < -0.39 is 0 Å². The second kappa shape index (κ2) is 6.37. The third kappa shape index (κ3) is 3.19. The lowest BCUT2D eigenvalue weighted by Crippen LogP contribution is -2.29. The smallest absolute Gasteiger partial charge is 0.222 e. The number of aromatic nitrogens is 3. The van der Waals surface area contributed by atoms with Crippen molar-refractivity contribution in [3.8, 4) is 0 Å². The summed E-state index contributed by atoms with van der Waals surface area (Å²) in [5, 5.41) is 8.36. The largest absolute Gasteiger partial charge is 0.340 e. The van der Waals surface area contributed by atoms with Crippen molar-refractivity contribution in [1.82, 2.24) is 19.9 Å². The summed E-state index contributed by atoms with van der Waals surface area (Å²) in [4.78, 5) is 16.0. The van der Waals surface area contributed by atoms with Crippen molar-refractivity contribution in [3.05, 3.63) is 12.4 Å². The molecule has 1 amide bonds. The fourth-order valence-corrected chi connectivity index (χ4v) is 3.53. The summed E-state index contributed by atoms with van der Waals surface area (Å²) >= 11 is 0. The van der Waals surface area contributed by atoms with Gasteiger partial charge >= 0.3 is 0 Å². The van der Waals surface area contributed by atoms with Crippen LogP contribution in [0.15, 0.2) is 12.4 Å². The summed E-state index contributed by atoms with van der Waals surface area (Å²) in [5.74, 6) is 1.11. The van der Waals surface area contributed by atoms with Crippen molar-refractivity contribution in [2.45, 2.75) is 57.4 Å². The van der Waals surface area contributed by atoms with E-state index in [1.54, 1.807) is 17.2 Å². The monoisotopic (exact) mass is 276 g/mol. The zero-order valence-electron chi connectivity index (χ0n) is 12.1. The Kier molecular flexibility index (Phi) is 4.33. The van der Waals surface area contributed by atoms with Crippen LogP contribution in [0, 0.1) is 5.92 Å². The predicted octanol–water partition coefficient (Wildman–Crippen LogP) is 2.41. The SMILES string of the molecule is O=C(CCC1CCCCC1)N1CCC(n2nccn2)C1. The maximum absolute atomic E-state index is 12.3. The molecule has 1 unspecified atom stereocenters. The van der Waals surface area contributed by atoms with E-state index in [0.29, 0.717) is 5.91 Å². The van der Waals surface area contributed by atoms with E-state index in [4.69, 9.17) is 0 Å². The molecule has 3 rings (SSSR count). The highest BCUT2D eigenvalue weighted by Crippen LogP contribution is 2.28. The molecule has 1 aromatic heterocycles. The van der Waals surface area contributed by atoms with Crippen LogP contribution in [0.4, 0.5) is 0 Å². The number of rotatable bonds is 4. The fourth-order valence-electron chi connectivity index (χ4n) is 3.53. The van der Waals surface area contributed by atoms with E-state index in [-0.39, 0.29) is 6.04 Å². The highest BCUT2D eigenvalue weighted by Gasteiger charge is 2.28. The van der Waals surface area contributed by atoms with E-state index in [9.17, 15) is 4.79 Å². The van der Waals surface area contributed by atoms with Crippen molar-refractivity contribution in [1.29, 1.82) is 0 Å². The predicted molar refractivity (Wildman–Crippen MR) is 76.1 cm³/mol. The van der Waals surface area contributed by atoms with Gasteiger partial charge in [-0.15, -0.1) is 0 Å². The highest BCUT2D eigenvalue weighted by atomic mass is 16.2. The van der Waals surface area contributed by atoms with Crippen molar-refractivity contribution < 1.29 is 4.79 Å². The number of hydrogen-bond acceptors (Lipinski definition) is 3. The molecule has 0 aromatic carbocycles.